The highest BCUT2D eigenvalue weighted by Gasteiger charge is 2.31. The summed E-state index contributed by atoms with van der Waals surface area (Å²) >= 11 is 1.32. The number of hydrogen-bond acceptors (Lipinski definition) is 7. The standard InChI is InChI=1S/C33H28F3N7O3S/c1-20(2)28-14-13-27(45-4)15-29(28)43-21(3)18-47-32(43)40-31(44)38-17-24(16-37)22-5-7-23(8-6-22)30-39-19-42(41-30)25-9-11-26(12-10-25)46-33(34,35)36/h5-15,17-20H,1-4H3,(H,38,44)/b24-17+,40-32-. The van der Waals surface area contributed by atoms with Crippen LogP contribution in [-0.4, -0.2) is 38.8 Å². The highest BCUT2D eigenvalue weighted by Crippen LogP contribution is 2.28. The molecule has 3 aromatic carbocycles. The van der Waals surface area contributed by atoms with E-state index in [0.717, 1.165) is 16.9 Å². The Morgan fingerprint density at radius 2 is 1.79 bits per heavy atom. The quantitative estimate of drug-likeness (QED) is 0.175. The van der Waals surface area contributed by atoms with Crippen molar-refractivity contribution in [3.8, 4) is 40.3 Å². The van der Waals surface area contributed by atoms with Crippen LogP contribution < -0.4 is 19.6 Å². The number of methoxy groups -OCH3 is 1. The van der Waals surface area contributed by atoms with Crippen LogP contribution in [0.5, 0.6) is 11.5 Å². The number of nitrogens with zero attached hydrogens (tertiary/aromatic N) is 6. The summed E-state index contributed by atoms with van der Waals surface area (Å²) in [6.07, 6.45) is -2.05. The predicted octanol–water partition coefficient (Wildman–Crippen LogP) is 7.30. The van der Waals surface area contributed by atoms with Crippen LogP contribution >= 0.6 is 11.3 Å². The van der Waals surface area contributed by atoms with Crippen molar-refractivity contribution in [3.63, 3.8) is 0 Å². The van der Waals surface area contributed by atoms with Gasteiger partial charge in [0, 0.05) is 28.9 Å². The van der Waals surface area contributed by atoms with Gasteiger partial charge in [0.25, 0.3) is 0 Å². The zero-order chi connectivity index (χ0) is 33.7. The molecule has 240 valence electrons. The van der Waals surface area contributed by atoms with E-state index in [1.165, 1.54) is 52.8 Å². The first-order chi connectivity index (χ1) is 22.5. The molecule has 0 aliphatic carbocycles. The molecule has 47 heavy (non-hydrogen) atoms. The number of carbonyl (C=O) groups is 1. The average molecular weight is 660 g/mol. The number of alkyl halides is 3. The lowest BCUT2D eigenvalue weighted by Gasteiger charge is -2.16. The lowest BCUT2D eigenvalue weighted by Crippen LogP contribution is -2.22. The van der Waals surface area contributed by atoms with Crippen molar-refractivity contribution in [3.05, 3.63) is 106 Å². The molecule has 0 aliphatic heterocycles. The van der Waals surface area contributed by atoms with Crippen molar-refractivity contribution >= 4 is 22.9 Å². The fourth-order valence-corrected chi connectivity index (χ4v) is 5.51. The Hall–Kier alpha value is -5.68. The molecule has 0 saturated heterocycles. The van der Waals surface area contributed by atoms with Crippen LogP contribution in [0, 0.1) is 18.3 Å². The molecule has 0 atom stereocenters. The summed E-state index contributed by atoms with van der Waals surface area (Å²) in [5.74, 6) is 0.911. The highest BCUT2D eigenvalue weighted by molar-refractivity contribution is 7.07. The topological polar surface area (TPSA) is 119 Å². The molecule has 14 heteroatoms. The monoisotopic (exact) mass is 659 g/mol. The van der Waals surface area contributed by atoms with E-state index in [0.29, 0.717) is 33.2 Å². The normalized spacial score (nSPS) is 12.2. The number of ether oxygens (including phenoxy) is 2. The van der Waals surface area contributed by atoms with E-state index >= 15 is 0 Å². The maximum absolute atomic E-state index is 12.9. The number of thiazole rings is 1. The van der Waals surface area contributed by atoms with Gasteiger partial charge in [0.15, 0.2) is 10.6 Å². The molecule has 10 nitrogen and oxygen atoms in total. The molecule has 0 bridgehead atoms. The first-order valence-corrected chi connectivity index (χ1v) is 15.0. The zero-order valence-electron chi connectivity index (χ0n) is 25.6. The van der Waals surface area contributed by atoms with E-state index in [-0.39, 0.29) is 17.2 Å². The summed E-state index contributed by atoms with van der Waals surface area (Å²) in [5.41, 5.74) is 4.69. The Kier molecular flexibility index (Phi) is 9.57. The summed E-state index contributed by atoms with van der Waals surface area (Å²) < 4.78 is 50.0. The van der Waals surface area contributed by atoms with Gasteiger partial charge in [-0.1, -0.05) is 44.2 Å². The maximum atomic E-state index is 12.9. The number of benzene rings is 3. The molecule has 0 aliphatic rings. The van der Waals surface area contributed by atoms with Gasteiger partial charge in [-0.15, -0.1) is 29.6 Å². The molecule has 1 N–H and O–H groups in total. The molecule has 2 heterocycles. The van der Waals surface area contributed by atoms with E-state index in [1.807, 2.05) is 35.1 Å². The fraction of sp³-hybridized carbons (Fsp3) is 0.182. The Morgan fingerprint density at radius 1 is 1.09 bits per heavy atom. The molecule has 2 amide bonds. The average Bonchev–Trinajstić information content (AvgIpc) is 3.68. The van der Waals surface area contributed by atoms with Crippen molar-refractivity contribution in [1.82, 2.24) is 24.6 Å². The van der Waals surface area contributed by atoms with Crippen LogP contribution in [0.1, 0.15) is 36.6 Å². The van der Waals surface area contributed by atoms with Gasteiger partial charge in [-0.2, -0.15) is 10.3 Å². The second kappa shape index (κ2) is 13.8. The number of hydrogen-bond donors (Lipinski definition) is 1. The summed E-state index contributed by atoms with van der Waals surface area (Å²) in [5, 5.41) is 18.7. The van der Waals surface area contributed by atoms with E-state index in [2.05, 4.69) is 45.0 Å². The summed E-state index contributed by atoms with van der Waals surface area (Å²) in [4.78, 5) is 21.9. The van der Waals surface area contributed by atoms with Gasteiger partial charge in [-0.05, 0) is 54.3 Å². The number of aromatic nitrogens is 4. The first-order valence-electron chi connectivity index (χ1n) is 14.2. The molecule has 5 aromatic rings. The Labute approximate surface area is 271 Å². The van der Waals surface area contributed by atoms with Gasteiger partial charge in [-0.25, -0.2) is 14.5 Å². The Morgan fingerprint density at radius 3 is 2.43 bits per heavy atom. The molecular formula is C33H28F3N7O3S. The van der Waals surface area contributed by atoms with Crippen LogP contribution in [0.25, 0.3) is 28.3 Å². The third-order valence-electron chi connectivity index (χ3n) is 6.92. The third kappa shape index (κ3) is 7.77. The van der Waals surface area contributed by atoms with Crippen molar-refractivity contribution in [2.45, 2.75) is 33.1 Å². The van der Waals surface area contributed by atoms with Gasteiger partial charge in [0.1, 0.15) is 23.9 Å². The predicted molar refractivity (Wildman–Crippen MR) is 170 cm³/mol. The van der Waals surface area contributed by atoms with Crippen LogP contribution in [0.15, 0.2) is 89.6 Å². The summed E-state index contributed by atoms with van der Waals surface area (Å²) in [6.45, 7) is 6.11. The lowest BCUT2D eigenvalue weighted by atomic mass is 10.0. The van der Waals surface area contributed by atoms with Crippen LogP contribution in [0.3, 0.4) is 0 Å². The second-order valence-electron chi connectivity index (χ2n) is 10.4. The number of nitrogens with one attached hydrogen (secondary N) is 1. The summed E-state index contributed by atoms with van der Waals surface area (Å²) in [7, 11) is 1.60. The fourth-order valence-electron chi connectivity index (χ4n) is 4.65. The van der Waals surface area contributed by atoms with Gasteiger partial charge in [-0.3, -0.25) is 4.57 Å². The van der Waals surface area contributed by atoms with Crippen molar-refractivity contribution < 1.29 is 27.4 Å². The van der Waals surface area contributed by atoms with Crippen molar-refractivity contribution in [2.24, 2.45) is 4.99 Å². The van der Waals surface area contributed by atoms with Crippen LogP contribution in [0.4, 0.5) is 18.0 Å². The van der Waals surface area contributed by atoms with Crippen LogP contribution in [0.2, 0.25) is 0 Å². The van der Waals surface area contributed by atoms with E-state index < -0.39 is 12.4 Å². The number of rotatable bonds is 8. The van der Waals surface area contributed by atoms with Gasteiger partial charge < -0.3 is 14.8 Å². The number of nitriles is 1. The number of aryl methyl sites for hydroxylation is 1. The molecule has 0 saturated carbocycles. The first kappa shape index (κ1) is 32.7. The van der Waals surface area contributed by atoms with E-state index in [4.69, 9.17) is 4.74 Å². The Bertz CT molecular complexity index is 2040. The maximum Gasteiger partial charge on any atom is 0.573 e. The molecule has 0 unspecified atom stereocenters. The molecular weight excluding hydrogens is 631 g/mol. The molecule has 0 spiro atoms. The summed E-state index contributed by atoms with van der Waals surface area (Å²) in [6, 6.07) is 19.3. The molecule has 2 aromatic heterocycles. The lowest BCUT2D eigenvalue weighted by molar-refractivity contribution is -0.274. The minimum atomic E-state index is -4.78. The molecule has 0 fully saturated rings. The van der Waals surface area contributed by atoms with Gasteiger partial charge in [0.05, 0.1) is 24.1 Å². The third-order valence-corrected chi connectivity index (χ3v) is 7.86. The SMILES string of the molecule is COc1ccc(C(C)C)c(-n2c(C)cs/c2=N\C(=O)N/C=C(\C#N)c2ccc(-c3ncn(-c4ccc(OC(F)(F)F)cc4)n3)cc2)c1. The van der Waals surface area contributed by atoms with Crippen molar-refractivity contribution in [2.75, 3.05) is 7.11 Å². The molecule has 5 rings (SSSR count). The number of carbonyl (C=O) groups excluding carboxylic acids is 1. The minimum Gasteiger partial charge on any atom is -0.497 e. The highest BCUT2D eigenvalue weighted by atomic mass is 32.1. The zero-order valence-corrected chi connectivity index (χ0v) is 26.4. The van der Waals surface area contributed by atoms with Gasteiger partial charge in [0.2, 0.25) is 0 Å². The minimum absolute atomic E-state index is 0.199. The number of allylic oxidation sites excluding steroid dienone is 1. The molecule has 0 radical (unpaired) electrons. The van der Waals surface area contributed by atoms with Crippen LogP contribution in [-0.2, 0) is 0 Å². The van der Waals surface area contributed by atoms with E-state index in [9.17, 15) is 23.2 Å². The number of halogens is 3. The largest absolute Gasteiger partial charge is 0.573 e. The Balaban J connectivity index is 1.32. The smallest absolute Gasteiger partial charge is 0.497 e. The number of urea groups is 1. The van der Waals surface area contributed by atoms with Crippen molar-refractivity contribution in [1.29, 1.82) is 5.26 Å². The second-order valence-corrected chi connectivity index (χ2v) is 11.3. The van der Waals surface area contributed by atoms with Gasteiger partial charge >= 0.3 is 12.4 Å². The van der Waals surface area contributed by atoms with E-state index in [1.54, 1.807) is 31.4 Å². The number of amides is 2.